The van der Waals surface area contributed by atoms with Crippen molar-refractivity contribution < 1.29 is 19.1 Å². The third-order valence-corrected chi connectivity index (χ3v) is 15.3. The number of benzene rings is 1. The standard InChI is InChI=1S/C41H61NO4/c1-27(2)29-17-22-41(36(44)45-26-28-13-11-10-12-14-28)24-23-39(6)30(35(29)41)15-16-32-38(5)20-19-33(46-34(43)25-42(8)9)37(3,4)31(38)18-21-40(32,39)7/h10-14,29-33,35H,1,15-26H2,2-9H3/t29?,30?,31?,32?,33-,35?,38-,39+,40+,41-/m0/s1. The molecule has 6 rings (SSSR count). The third-order valence-electron chi connectivity index (χ3n) is 15.3. The summed E-state index contributed by atoms with van der Waals surface area (Å²) in [5.41, 5.74) is 2.42. The van der Waals surface area contributed by atoms with E-state index in [9.17, 15) is 9.59 Å². The lowest BCUT2D eigenvalue weighted by Crippen LogP contribution is -2.67. The fourth-order valence-corrected chi connectivity index (χ4v) is 13.0. The molecule has 5 fully saturated rings. The highest BCUT2D eigenvalue weighted by molar-refractivity contribution is 5.78. The van der Waals surface area contributed by atoms with Gasteiger partial charge in [-0.3, -0.25) is 14.5 Å². The van der Waals surface area contributed by atoms with Crippen molar-refractivity contribution in [2.24, 2.45) is 56.7 Å². The number of hydrogen-bond donors (Lipinski definition) is 0. The molecule has 5 aliphatic carbocycles. The fraction of sp³-hybridized carbons (Fsp3) is 0.756. The maximum absolute atomic E-state index is 14.3. The van der Waals surface area contributed by atoms with Gasteiger partial charge in [-0.25, -0.2) is 0 Å². The molecule has 1 aromatic carbocycles. The van der Waals surface area contributed by atoms with Gasteiger partial charge in [0.2, 0.25) is 0 Å². The molecule has 0 aliphatic heterocycles. The Morgan fingerprint density at radius 2 is 1.57 bits per heavy atom. The predicted molar refractivity (Wildman–Crippen MR) is 184 cm³/mol. The minimum atomic E-state index is -0.399. The van der Waals surface area contributed by atoms with Gasteiger partial charge in [0.05, 0.1) is 12.0 Å². The quantitative estimate of drug-likeness (QED) is 0.222. The molecule has 5 saturated carbocycles. The van der Waals surface area contributed by atoms with E-state index in [1.54, 1.807) is 0 Å². The number of likely N-dealkylation sites (N-methyl/N-ethyl adjacent to an activating group) is 1. The van der Waals surface area contributed by atoms with Gasteiger partial charge < -0.3 is 9.47 Å². The molecule has 0 spiro atoms. The second-order valence-corrected chi connectivity index (χ2v) is 18.0. The van der Waals surface area contributed by atoms with Crippen molar-refractivity contribution in [2.45, 2.75) is 118 Å². The van der Waals surface area contributed by atoms with E-state index in [4.69, 9.17) is 9.47 Å². The number of carbonyl (C=O) groups is 2. The summed E-state index contributed by atoms with van der Waals surface area (Å²) in [6, 6.07) is 10.1. The van der Waals surface area contributed by atoms with E-state index in [-0.39, 0.29) is 39.7 Å². The summed E-state index contributed by atoms with van der Waals surface area (Å²) in [6.07, 6.45) is 10.8. The summed E-state index contributed by atoms with van der Waals surface area (Å²) >= 11 is 0. The molecule has 254 valence electrons. The van der Waals surface area contributed by atoms with E-state index in [2.05, 4.69) is 48.1 Å². The molecule has 0 radical (unpaired) electrons. The Bertz CT molecular complexity index is 1340. The molecule has 5 heteroatoms. The van der Waals surface area contributed by atoms with Crippen LogP contribution in [-0.2, 0) is 25.7 Å². The Labute approximate surface area is 279 Å². The molecular formula is C41H61NO4. The van der Waals surface area contributed by atoms with Crippen molar-refractivity contribution in [1.82, 2.24) is 4.90 Å². The first-order valence-corrected chi connectivity index (χ1v) is 18.3. The van der Waals surface area contributed by atoms with E-state index in [0.717, 1.165) is 44.1 Å². The third kappa shape index (κ3) is 5.03. The first-order chi connectivity index (χ1) is 21.6. The van der Waals surface area contributed by atoms with Gasteiger partial charge in [-0.15, -0.1) is 0 Å². The zero-order valence-corrected chi connectivity index (χ0v) is 30.1. The molecule has 0 heterocycles. The summed E-state index contributed by atoms with van der Waals surface area (Å²) in [5.74, 6) is 2.27. The van der Waals surface area contributed by atoms with Crippen LogP contribution in [0.3, 0.4) is 0 Å². The Kier molecular flexibility index (Phi) is 8.64. The average Bonchev–Trinajstić information content (AvgIpc) is 3.39. The van der Waals surface area contributed by atoms with E-state index >= 15 is 0 Å². The van der Waals surface area contributed by atoms with Crippen LogP contribution in [0.25, 0.3) is 0 Å². The Morgan fingerprint density at radius 3 is 2.24 bits per heavy atom. The molecule has 0 bridgehead atoms. The highest BCUT2D eigenvalue weighted by Gasteiger charge is 2.72. The Balaban J connectivity index is 1.28. The lowest BCUT2D eigenvalue weighted by molar-refractivity contribution is -0.251. The van der Waals surface area contributed by atoms with Crippen LogP contribution < -0.4 is 0 Å². The van der Waals surface area contributed by atoms with E-state index in [1.807, 2.05) is 49.3 Å². The van der Waals surface area contributed by atoms with Gasteiger partial charge in [0.1, 0.15) is 12.7 Å². The smallest absolute Gasteiger partial charge is 0.320 e. The van der Waals surface area contributed by atoms with Crippen molar-refractivity contribution in [2.75, 3.05) is 20.6 Å². The topological polar surface area (TPSA) is 55.8 Å². The lowest BCUT2D eigenvalue weighted by Gasteiger charge is -2.72. The van der Waals surface area contributed by atoms with Crippen LogP contribution in [-0.4, -0.2) is 43.6 Å². The van der Waals surface area contributed by atoms with Crippen molar-refractivity contribution in [1.29, 1.82) is 0 Å². The molecule has 0 aromatic heterocycles. The molecule has 5 nitrogen and oxygen atoms in total. The maximum Gasteiger partial charge on any atom is 0.320 e. The molecule has 10 atom stereocenters. The van der Waals surface area contributed by atoms with Crippen LogP contribution in [0.1, 0.15) is 111 Å². The fourth-order valence-electron chi connectivity index (χ4n) is 13.0. The molecule has 0 saturated heterocycles. The normalized spacial score (nSPS) is 42.6. The molecule has 5 unspecified atom stereocenters. The van der Waals surface area contributed by atoms with Crippen LogP contribution >= 0.6 is 0 Å². The van der Waals surface area contributed by atoms with Crippen molar-refractivity contribution in [3.63, 3.8) is 0 Å². The van der Waals surface area contributed by atoms with Crippen LogP contribution in [0.4, 0.5) is 0 Å². The van der Waals surface area contributed by atoms with Crippen molar-refractivity contribution in [3.05, 3.63) is 48.0 Å². The summed E-state index contributed by atoms with van der Waals surface area (Å²) < 4.78 is 12.4. The summed E-state index contributed by atoms with van der Waals surface area (Å²) in [4.78, 5) is 28.9. The molecule has 5 aliphatic rings. The van der Waals surface area contributed by atoms with Crippen LogP contribution in [0.15, 0.2) is 42.5 Å². The van der Waals surface area contributed by atoms with Crippen LogP contribution in [0.5, 0.6) is 0 Å². The van der Waals surface area contributed by atoms with Crippen molar-refractivity contribution >= 4 is 11.9 Å². The largest absolute Gasteiger partial charge is 0.461 e. The number of carbonyl (C=O) groups excluding carboxylic acids is 2. The highest BCUT2D eigenvalue weighted by atomic mass is 16.5. The molecule has 0 N–H and O–H groups in total. The predicted octanol–water partition coefficient (Wildman–Crippen LogP) is 8.86. The average molecular weight is 632 g/mol. The van der Waals surface area contributed by atoms with E-state index < -0.39 is 5.41 Å². The van der Waals surface area contributed by atoms with E-state index in [0.29, 0.717) is 42.7 Å². The maximum atomic E-state index is 14.3. The van der Waals surface area contributed by atoms with Crippen LogP contribution in [0, 0.1) is 56.7 Å². The summed E-state index contributed by atoms with van der Waals surface area (Å²) in [7, 11) is 3.85. The van der Waals surface area contributed by atoms with Crippen LogP contribution in [0.2, 0.25) is 0 Å². The molecule has 46 heavy (non-hydrogen) atoms. The molecule has 1 aromatic rings. The minimum absolute atomic E-state index is 0.0266. The van der Waals surface area contributed by atoms with Gasteiger partial charge in [-0.2, -0.15) is 0 Å². The second-order valence-electron chi connectivity index (χ2n) is 18.0. The number of esters is 2. The number of ether oxygens (including phenoxy) is 2. The van der Waals surface area contributed by atoms with Crippen molar-refractivity contribution in [3.8, 4) is 0 Å². The zero-order valence-electron chi connectivity index (χ0n) is 30.1. The second kappa shape index (κ2) is 11.8. The van der Waals surface area contributed by atoms with Gasteiger partial charge in [0, 0.05) is 5.41 Å². The summed E-state index contributed by atoms with van der Waals surface area (Å²) in [6.45, 7) is 20.0. The van der Waals surface area contributed by atoms with Gasteiger partial charge in [-0.05, 0) is 137 Å². The Morgan fingerprint density at radius 1 is 0.848 bits per heavy atom. The number of fused-ring (bicyclic) bond motifs is 7. The van der Waals surface area contributed by atoms with Gasteiger partial charge in [0.15, 0.2) is 0 Å². The monoisotopic (exact) mass is 631 g/mol. The summed E-state index contributed by atoms with van der Waals surface area (Å²) in [5, 5.41) is 0. The highest BCUT2D eigenvalue weighted by Crippen LogP contribution is 2.77. The molecule has 0 amide bonds. The van der Waals surface area contributed by atoms with Gasteiger partial charge in [0.25, 0.3) is 0 Å². The SMILES string of the molecule is C=C(C)C1CC[C@]2(C(=O)OCc3ccccc3)CC[C@]3(C)C(CCC4[C@@]5(C)CC[C@H](OC(=O)CN(C)C)C(C)(C)C5CC[C@]43C)C12. The lowest BCUT2D eigenvalue weighted by atomic mass is 9.32. The number of rotatable bonds is 7. The first-order valence-electron chi connectivity index (χ1n) is 18.3. The van der Waals surface area contributed by atoms with Gasteiger partial charge >= 0.3 is 11.9 Å². The first kappa shape index (κ1) is 33.7. The number of nitrogens with zero attached hydrogens (tertiary/aromatic N) is 1. The zero-order chi connectivity index (χ0) is 33.3. The number of allylic oxidation sites excluding steroid dienone is 1. The van der Waals surface area contributed by atoms with Gasteiger partial charge in [-0.1, -0.05) is 77.1 Å². The number of hydrogen-bond acceptors (Lipinski definition) is 5. The van der Waals surface area contributed by atoms with E-state index in [1.165, 1.54) is 31.3 Å². The Hall–Kier alpha value is -2.14. The molecular weight excluding hydrogens is 570 g/mol. The minimum Gasteiger partial charge on any atom is -0.461 e.